The van der Waals surface area contributed by atoms with Crippen molar-refractivity contribution < 1.29 is 0 Å². The summed E-state index contributed by atoms with van der Waals surface area (Å²) in [5.41, 5.74) is 7.56. The highest BCUT2D eigenvalue weighted by molar-refractivity contribution is 14.1. The Morgan fingerprint density at radius 3 is 3.00 bits per heavy atom. The molecule has 0 aliphatic carbocycles. The molecule has 5 heteroatoms. The van der Waals surface area contributed by atoms with Crippen molar-refractivity contribution in [3.63, 3.8) is 0 Å². The first-order valence-corrected chi connectivity index (χ1v) is 6.39. The van der Waals surface area contributed by atoms with Crippen LogP contribution >= 0.6 is 33.9 Å². The van der Waals surface area contributed by atoms with Gasteiger partial charge in [0, 0.05) is 26.5 Å². The number of nitrogens with two attached hydrogens (primary N) is 1. The van der Waals surface area contributed by atoms with Crippen molar-refractivity contribution in [2.45, 2.75) is 6.54 Å². The summed E-state index contributed by atoms with van der Waals surface area (Å²) < 4.78 is 1.13. The van der Waals surface area contributed by atoms with Crippen LogP contribution in [0.2, 0.25) is 0 Å². The lowest BCUT2D eigenvalue weighted by Gasteiger charge is -2.07. The third-order valence-electron chi connectivity index (χ3n) is 1.91. The summed E-state index contributed by atoms with van der Waals surface area (Å²) in [5, 5.41) is 6.39. The molecule has 0 amide bonds. The van der Waals surface area contributed by atoms with E-state index in [0.29, 0.717) is 0 Å². The Hall–Kier alpha value is -0.820. The number of benzene rings is 1. The molecule has 0 saturated heterocycles. The topological polar surface area (TPSA) is 50.9 Å². The molecule has 0 saturated carbocycles. The maximum Gasteiger partial charge on any atom is 0.112 e. The highest BCUT2D eigenvalue weighted by atomic mass is 127. The quantitative estimate of drug-likeness (QED) is 0.672. The average Bonchev–Trinajstić information content (AvgIpc) is 2.69. The van der Waals surface area contributed by atoms with E-state index in [-0.39, 0.29) is 0 Å². The molecule has 0 aliphatic rings. The molecule has 1 heterocycles. The number of nitrogen functional groups attached to an aromatic ring is 1. The highest BCUT2D eigenvalue weighted by Crippen LogP contribution is 2.21. The zero-order valence-electron chi connectivity index (χ0n) is 7.90. The molecule has 0 radical (unpaired) electrons. The molecule has 0 bridgehead atoms. The first-order valence-electron chi connectivity index (χ1n) is 4.43. The van der Waals surface area contributed by atoms with Crippen LogP contribution in [-0.2, 0) is 6.54 Å². The molecule has 0 aliphatic heterocycles. The summed E-state index contributed by atoms with van der Waals surface area (Å²) in [4.78, 5) is 4.21. The van der Waals surface area contributed by atoms with Gasteiger partial charge < -0.3 is 11.1 Å². The van der Waals surface area contributed by atoms with Crippen LogP contribution in [0, 0.1) is 3.57 Å². The molecule has 1 aromatic carbocycles. The minimum Gasteiger partial charge on any atom is -0.399 e. The molecular weight excluding hydrogens is 321 g/mol. The van der Waals surface area contributed by atoms with Crippen molar-refractivity contribution >= 4 is 45.3 Å². The van der Waals surface area contributed by atoms with Crippen LogP contribution in [0.3, 0.4) is 0 Å². The molecule has 0 unspecified atom stereocenters. The first kappa shape index (κ1) is 10.7. The van der Waals surface area contributed by atoms with Gasteiger partial charge in [-0.2, -0.15) is 0 Å². The largest absolute Gasteiger partial charge is 0.399 e. The van der Waals surface area contributed by atoms with E-state index in [2.05, 4.69) is 32.9 Å². The standard InChI is InChI=1S/C10H10IN3S/c11-8-5-7(12)1-2-9(8)14-6-10-13-3-4-15-10/h1-5,14H,6,12H2. The fraction of sp³-hybridized carbons (Fsp3) is 0.100. The summed E-state index contributed by atoms with van der Waals surface area (Å²) in [6.45, 7) is 0.761. The molecule has 3 nitrogen and oxygen atoms in total. The van der Waals surface area contributed by atoms with Crippen molar-refractivity contribution in [1.29, 1.82) is 0 Å². The monoisotopic (exact) mass is 331 g/mol. The van der Waals surface area contributed by atoms with E-state index in [0.717, 1.165) is 26.5 Å². The molecule has 3 N–H and O–H groups in total. The number of nitrogens with zero attached hydrogens (tertiary/aromatic N) is 1. The van der Waals surface area contributed by atoms with E-state index in [1.54, 1.807) is 11.3 Å². The van der Waals surface area contributed by atoms with Crippen LogP contribution in [-0.4, -0.2) is 4.98 Å². The molecule has 15 heavy (non-hydrogen) atoms. The van der Waals surface area contributed by atoms with Crippen LogP contribution in [0.5, 0.6) is 0 Å². The summed E-state index contributed by atoms with van der Waals surface area (Å²) in [5.74, 6) is 0. The second-order valence-electron chi connectivity index (χ2n) is 3.02. The van der Waals surface area contributed by atoms with Crippen molar-refractivity contribution in [1.82, 2.24) is 4.98 Å². The lowest BCUT2D eigenvalue weighted by Crippen LogP contribution is -2.00. The van der Waals surface area contributed by atoms with Crippen LogP contribution in [0.15, 0.2) is 29.8 Å². The number of hydrogen-bond donors (Lipinski definition) is 2. The van der Waals surface area contributed by atoms with Gasteiger partial charge in [0.25, 0.3) is 0 Å². The van der Waals surface area contributed by atoms with E-state index < -0.39 is 0 Å². The number of thiazole rings is 1. The van der Waals surface area contributed by atoms with Crippen LogP contribution < -0.4 is 11.1 Å². The Kier molecular flexibility index (Phi) is 3.42. The molecule has 0 fully saturated rings. The predicted octanol–water partition coefficient (Wildman–Crippen LogP) is 2.94. The lowest BCUT2D eigenvalue weighted by atomic mass is 10.3. The second kappa shape index (κ2) is 4.80. The van der Waals surface area contributed by atoms with E-state index in [9.17, 15) is 0 Å². The Labute approximate surface area is 106 Å². The SMILES string of the molecule is Nc1ccc(NCc2nccs2)c(I)c1. The second-order valence-corrected chi connectivity index (χ2v) is 5.16. The molecule has 78 valence electrons. The third-order valence-corrected chi connectivity index (χ3v) is 3.58. The van der Waals surface area contributed by atoms with Crippen LogP contribution in [0.4, 0.5) is 11.4 Å². The van der Waals surface area contributed by atoms with Gasteiger partial charge >= 0.3 is 0 Å². The van der Waals surface area contributed by atoms with Crippen molar-refractivity contribution in [3.8, 4) is 0 Å². The fourth-order valence-electron chi connectivity index (χ4n) is 1.19. The zero-order chi connectivity index (χ0) is 10.7. The highest BCUT2D eigenvalue weighted by Gasteiger charge is 2.00. The van der Waals surface area contributed by atoms with Gasteiger partial charge in [-0.05, 0) is 40.8 Å². The van der Waals surface area contributed by atoms with E-state index in [1.807, 2.05) is 29.8 Å². The smallest absolute Gasteiger partial charge is 0.112 e. The number of rotatable bonds is 3. The van der Waals surface area contributed by atoms with E-state index in [1.165, 1.54) is 0 Å². The Morgan fingerprint density at radius 2 is 2.33 bits per heavy atom. The maximum atomic E-state index is 5.68. The zero-order valence-corrected chi connectivity index (χ0v) is 10.9. The van der Waals surface area contributed by atoms with Crippen LogP contribution in [0.25, 0.3) is 0 Å². The number of nitrogens with one attached hydrogen (secondary N) is 1. The van der Waals surface area contributed by atoms with Crippen molar-refractivity contribution in [3.05, 3.63) is 38.4 Å². The number of aromatic nitrogens is 1. The number of anilines is 2. The van der Waals surface area contributed by atoms with Gasteiger partial charge in [0.15, 0.2) is 0 Å². The summed E-state index contributed by atoms with van der Waals surface area (Å²) in [6.07, 6.45) is 1.82. The number of halogens is 1. The number of hydrogen-bond acceptors (Lipinski definition) is 4. The van der Waals surface area contributed by atoms with Gasteiger partial charge in [0.05, 0.1) is 6.54 Å². The van der Waals surface area contributed by atoms with Crippen molar-refractivity contribution in [2.75, 3.05) is 11.1 Å². The Bertz CT molecular complexity index is 442. The van der Waals surface area contributed by atoms with Gasteiger partial charge in [0.1, 0.15) is 5.01 Å². The van der Waals surface area contributed by atoms with Crippen LogP contribution in [0.1, 0.15) is 5.01 Å². The summed E-state index contributed by atoms with van der Waals surface area (Å²) in [6, 6.07) is 5.84. The Morgan fingerprint density at radius 1 is 1.47 bits per heavy atom. The average molecular weight is 331 g/mol. The van der Waals surface area contributed by atoms with Crippen molar-refractivity contribution in [2.24, 2.45) is 0 Å². The van der Waals surface area contributed by atoms with Gasteiger partial charge in [-0.3, -0.25) is 0 Å². The fourth-order valence-corrected chi connectivity index (χ4v) is 2.47. The Balaban J connectivity index is 2.05. The molecular formula is C10H10IN3S. The molecule has 2 aromatic rings. The summed E-state index contributed by atoms with van der Waals surface area (Å²) in [7, 11) is 0. The molecule has 0 spiro atoms. The van der Waals surface area contributed by atoms with Gasteiger partial charge in [-0.25, -0.2) is 4.98 Å². The van der Waals surface area contributed by atoms with E-state index >= 15 is 0 Å². The predicted molar refractivity (Wildman–Crippen MR) is 73.0 cm³/mol. The normalized spacial score (nSPS) is 10.2. The summed E-state index contributed by atoms with van der Waals surface area (Å²) >= 11 is 3.92. The minimum absolute atomic E-state index is 0.761. The molecule has 2 rings (SSSR count). The molecule has 1 aromatic heterocycles. The van der Waals surface area contributed by atoms with Gasteiger partial charge in [-0.15, -0.1) is 11.3 Å². The van der Waals surface area contributed by atoms with Gasteiger partial charge in [-0.1, -0.05) is 0 Å². The van der Waals surface area contributed by atoms with Gasteiger partial charge in [0.2, 0.25) is 0 Å². The molecule has 0 atom stereocenters. The minimum atomic E-state index is 0.761. The van der Waals surface area contributed by atoms with E-state index in [4.69, 9.17) is 5.73 Å². The first-order chi connectivity index (χ1) is 7.25. The maximum absolute atomic E-state index is 5.68. The third kappa shape index (κ3) is 2.82. The lowest BCUT2D eigenvalue weighted by molar-refractivity contribution is 1.10.